The summed E-state index contributed by atoms with van der Waals surface area (Å²) in [5.74, 6) is 0. The van der Waals surface area contributed by atoms with Gasteiger partial charge in [-0.15, -0.1) is 0 Å². The highest BCUT2D eigenvalue weighted by Gasteiger charge is 1.81. The van der Waals surface area contributed by atoms with Crippen molar-refractivity contribution in [2.24, 2.45) is 0 Å². The van der Waals surface area contributed by atoms with Gasteiger partial charge in [-0.1, -0.05) is 5.64 Å². The van der Waals surface area contributed by atoms with Gasteiger partial charge in [0.25, 0.3) is 0 Å². The molecule has 0 bridgehead atoms. The largest absolute Gasteiger partial charge is 0.300 e. The highest BCUT2D eigenvalue weighted by atomic mass is 16.8. The maximum atomic E-state index is 7.82. The van der Waals surface area contributed by atoms with Crippen molar-refractivity contribution in [2.75, 3.05) is 20.3 Å². The van der Waals surface area contributed by atoms with Gasteiger partial charge in [0, 0.05) is 7.05 Å². The molecule has 0 saturated carbocycles. The van der Waals surface area contributed by atoms with Crippen LogP contribution in [0.15, 0.2) is 0 Å². The topological polar surface area (TPSA) is 62.8 Å². The monoisotopic (exact) mass is 122 g/mol. The summed E-state index contributed by atoms with van der Waals surface area (Å²) in [6.07, 6.45) is 0. The van der Waals surface area contributed by atoms with Crippen LogP contribution in [0, 0.1) is 0 Å². The molecule has 3 N–H and O–H groups in total. The van der Waals surface area contributed by atoms with Crippen molar-refractivity contribution < 1.29 is 14.9 Å². The molecule has 0 aromatic heterocycles. The Morgan fingerprint density at radius 2 is 2.00 bits per heavy atom. The quantitative estimate of drug-likeness (QED) is 0.324. The fraction of sp³-hybridized carbons (Fsp3) is 1.00. The molecule has 0 unspecified atom stereocenters. The first-order chi connectivity index (χ1) is 3.91. The lowest BCUT2D eigenvalue weighted by Crippen LogP contribution is -2.17. The van der Waals surface area contributed by atoms with Crippen molar-refractivity contribution >= 4 is 0 Å². The number of rotatable bonds is 5. The summed E-state index contributed by atoms with van der Waals surface area (Å²) >= 11 is 0. The Kier molecular flexibility index (Phi) is 6.63. The molecule has 0 fully saturated rings. The molecule has 0 heterocycles. The normalized spacial score (nSPS) is 9.75. The van der Waals surface area contributed by atoms with E-state index in [2.05, 4.69) is 15.2 Å². The SMILES string of the molecule is CNOCCONO. The Morgan fingerprint density at radius 1 is 1.38 bits per heavy atom. The van der Waals surface area contributed by atoms with E-state index in [9.17, 15) is 0 Å². The predicted octanol–water partition coefficient (Wildman–Crippen LogP) is -0.952. The van der Waals surface area contributed by atoms with Crippen LogP contribution in [0.5, 0.6) is 0 Å². The van der Waals surface area contributed by atoms with Gasteiger partial charge in [-0.25, -0.2) is 5.48 Å². The number of nitrogens with one attached hydrogen (secondary N) is 2. The molecule has 0 atom stereocenters. The zero-order chi connectivity index (χ0) is 6.24. The number of hydrogen-bond donors (Lipinski definition) is 3. The lowest BCUT2D eigenvalue weighted by Gasteiger charge is -1.98. The summed E-state index contributed by atoms with van der Waals surface area (Å²) in [5.41, 5.74) is 3.96. The molecular weight excluding hydrogens is 112 g/mol. The van der Waals surface area contributed by atoms with Crippen molar-refractivity contribution in [1.82, 2.24) is 11.1 Å². The Labute approximate surface area is 47.5 Å². The lowest BCUT2D eigenvalue weighted by molar-refractivity contribution is -0.142. The van der Waals surface area contributed by atoms with Crippen molar-refractivity contribution in [3.63, 3.8) is 0 Å². The average Bonchev–Trinajstić information content (AvgIpc) is 1.81. The van der Waals surface area contributed by atoms with E-state index >= 15 is 0 Å². The summed E-state index contributed by atoms with van der Waals surface area (Å²) in [7, 11) is 1.65. The van der Waals surface area contributed by atoms with Crippen molar-refractivity contribution in [2.45, 2.75) is 0 Å². The van der Waals surface area contributed by atoms with Crippen LogP contribution < -0.4 is 11.1 Å². The van der Waals surface area contributed by atoms with Gasteiger partial charge in [-0.05, 0) is 0 Å². The molecule has 0 spiro atoms. The molecule has 0 radical (unpaired) electrons. The van der Waals surface area contributed by atoms with Crippen LogP contribution in [0.25, 0.3) is 0 Å². The first-order valence-corrected chi connectivity index (χ1v) is 2.21. The fourth-order valence-corrected chi connectivity index (χ4v) is 0.231. The molecule has 5 heteroatoms. The van der Waals surface area contributed by atoms with Crippen LogP contribution in [-0.2, 0) is 9.68 Å². The van der Waals surface area contributed by atoms with Crippen LogP contribution in [0.1, 0.15) is 0 Å². The molecule has 0 aromatic rings. The second-order valence-corrected chi connectivity index (χ2v) is 0.992. The predicted molar refractivity (Wildman–Crippen MR) is 25.9 cm³/mol. The Balaban J connectivity index is 2.53. The minimum Gasteiger partial charge on any atom is -0.300 e. The van der Waals surface area contributed by atoms with Gasteiger partial charge < -0.3 is 0 Å². The maximum absolute atomic E-state index is 7.82. The van der Waals surface area contributed by atoms with Crippen LogP contribution in [0.4, 0.5) is 0 Å². The third-order valence-corrected chi connectivity index (χ3v) is 0.496. The first-order valence-electron chi connectivity index (χ1n) is 2.21. The zero-order valence-electron chi connectivity index (χ0n) is 4.68. The third kappa shape index (κ3) is 5.80. The van der Waals surface area contributed by atoms with E-state index in [0.29, 0.717) is 13.2 Å². The molecule has 0 aliphatic carbocycles. The van der Waals surface area contributed by atoms with Crippen LogP contribution in [0.2, 0.25) is 0 Å². The standard InChI is InChI=1S/C3H10N2O3/c1-4-7-2-3-8-5-6/h4-6H,2-3H2,1H3. The second kappa shape index (κ2) is 6.80. The molecular formula is C3H10N2O3. The number of hydroxylamine groups is 1. The first kappa shape index (κ1) is 7.80. The van der Waals surface area contributed by atoms with E-state index < -0.39 is 0 Å². The van der Waals surface area contributed by atoms with Crippen LogP contribution in [-0.4, -0.2) is 25.5 Å². The molecule has 0 aromatic carbocycles. The molecule has 0 amide bonds. The van der Waals surface area contributed by atoms with Crippen molar-refractivity contribution in [3.8, 4) is 0 Å². The molecule has 0 aliphatic heterocycles. The number of hydrogen-bond acceptors (Lipinski definition) is 5. The Bertz CT molecular complexity index is 37.5. The summed E-state index contributed by atoms with van der Waals surface area (Å²) in [6, 6.07) is 0. The zero-order valence-corrected chi connectivity index (χ0v) is 4.68. The molecule has 50 valence electrons. The fourth-order valence-electron chi connectivity index (χ4n) is 0.231. The van der Waals surface area contributed by atoms with Crippen molar-refractivity contribution in [1.29, 1.82) is 0 Å². The molecule has 5 nitrogen and oxygen atoms in total. The molecule has 0 rings (SSSR count). The summed E-state index contributed by atoms with van der Waals surface area (Å²) in [4.78, 5) is 8.89. The summed E-state index contributed by atoms with van der Waals surface area (Å²) in [6.45, 7) is 0.696. The van der Waals surface area contributed by atoms with Crippen LogP contribution in [0.3, 0.4) is 0 Å². The summed E-state index contributed by atoms with van der Waals surface area (Å²) < 4.78 is 0. The van der Waals surface area contributed by atoms with E-state index in [1.165, 1.54) is 5.64 Å². The Morgan fingerprint density at radius 3 is 2.50 bits per heavy atom. The highest BCUT2D eigenvalue weighted by Crippen LogP contribution is 1.65. The maximum Gasteiger partial charge on any atom is 0.0962 e. The minimum atomic E-state index is 0.303. The lowest BCUT2D eigenvalue weighted by atomic mass is 10.8. The second-order valence-electron chi connectivity index (χ2n) is 0.992. The Hall–Kier alpha value is -0.200. The van der Waals surface area contributed by atoms with E-state index in [1.807, 2.05) is 0 Å². The summed E-state index contributed by atoms with van der Waals surface area (Å²) in [5, 5.41) is 7.82. The minimum absolute atomic E-state index is 0.303. The average molecular weight is 122 g/mol. The van der Waals surface area contributed by atoms with Gasteiger partial charge in [0.1, 0.15) is 0 Å². The van der Waals surface area contributed by atoms with Gasteiger partial charge in [-0.2, -0.15) is 0 Å². The van der Waals surface area contributed by atoms with E-state index in [0.717, 1.165) is 0 Å². The third-order valence-electron chi connectivity index (χ3n) is 0.496. The van der Waals surface area contributed by atoms with Crippen LogP contribution >= 0.6 is 0 Å². The van der Waals surface area contributed by atoms with Crippen molar-refractivity contribution in [3.05, 3.63) is 0 Å². The molecule has 8 heavy (non-hydrogen) atoms. The van der Waals surface area contributed by atoms with Gasteiger partial charge >= 0.3 is 0 Å². The van der Waals surface area contributed by atoms with Gasteiger partial charge in [0.05, 0.1) is 13.2 Å². The molecule has 0 saturated heterocycles. The van der Waals surface area contributed by atoms with Gasteiger partial charge in [-0.3, -0.25) is 14.9 Å². The smallest absolute Gasteiger partial charge is 0.0962 e. The van der Waals surface area contributed by atoms with E-state index in [4.69, 9.17) is 5.21 Å². The van der Waals surface area contributed by atoms with E-state index in [-0.39, 0.29) is 0 Å². The van der Waals surface area contributed by atoms with Gasteiger partial charge in [0.15, 0.2) is 0 Å². The van der Waals surface area contributed by atoms with Gasteiger partial charge in [0.2, 0.25) is 0 Å². The molecule has 0 aliphatic rings. The van der Waals surface area contributed by atoms with E-state index in [1.54, 1.807) is 7.05 Å². The highest BCUT2D eigenvalue weighted by molar-refractivity contribution is 4.17.